The average Bonchev–Trinajstić information content (AvgIpc) is 3.13. The van der Waals surface area contributed by atoms with Gasteiger partial charge >= 0.3 is 5.97 Å². The molecular weight excluding hydrogens is 424 g/mol. The van der Waals surface area contributed by atoms with Crippen LogP contribution in [0.2, 0.25) is 0 Å². The SMILES string of the molecule is C=C1N(C(=O)c2ccccc2)N2c3ccccc3C=C[C@H]2[C@]1(Cc1ccccc1)C(=O)OCC. The third-order valence-corrected chi connectivity index (χ3v) is 6.57. The van der Waals surface area contributed by atoms with E-state index < -0.39 is 11.5 Å². The van der Waals surface area contributed by atoms with Crippen molar-refractivity contribution in [1.29, 1.82) is 0 Å². The highest BCUT2D eigenvalue weighted by atomic mass is 16.5. The van der Waals surface area contributed by atoms with Crippen molar-refractivity contribution < 1.29 is 14.3 Å². The molecule has 2 aliphatic rings. The number of anilines is 1. The molecule has 1 amide bonds. The summed E-state index contributed by atoms with van der Waals surface area (Å²) >= 11 is 0. The van der Waals surface area contributed by atoms with Crippen LogP contribution in [0.3, 0.4) is 0 Å². The summed E-state index contributed by atoms with van der Waals surface area (Å²) in [6.07, 6.45) is 4.36. The summed E-state index contributed by atoms with van der Waals surface area (Å²) in [5.41, 5.74) is 2.55. The third-order valence-electron chi connectivity index (χ3n) is 6.57. The van der Waals surface area contributed by atoms with Crippen molar-refractivity contribution in [3.8, 4) is 0 Å². The van der Waals surface area contributed by atoms with Gasteiger partial charge in [0, 0.05) is 5.56 Å². The van der Waals surface area contributed by atoms with Crippen LogP contribution < -0.4 is 5.01 Å². The number of nitrogens with zero attached hydrogens (tertiary/aromatic N) is 2. The Labute approximate surface area is 199 Å². The van der Waals surface area contributed by atoms with Gasteiger partial charge in [0.05, 0.1) is 24.0 Å². The summed E-state index contributed by atoms with van der Waals surface area (Å²) in [6, 6.07) is 26.3. The third kappa shape index (κ3) is 3.32. The van der Waals surface area contributed by atoms with Gasteiger partial charge in [0.25, 0.3) is 5.91 Å². The van der Waals surface area contributed by atoms with Gasteiger partial charge in [-0.05, 0) is 42.7 Å². The second kappa shape index (κ2) is 8.67. The predicted molar refractivity (Wildman–Crippen MR) is 133 cm³/mol. The van der Waals surface area contributed by atoms with Crippen LogP contribution >= 0.6 is 0 Å². The van der Waals surface area contributed by atoms with E-state index in [1.165, 1.54) is 0 Å². The smallest absolute Gasteiger partial charge is 0.321 e. The lowest BCUT2D eigenvalue weighted by Gasteiger charge is -2.37. The molecular formula is C29H26N2O3. The molecule has 0 aromatic heterocycles. The van der Waals surface area contributed by atoms with Crippen LogP contribution in [0.5, 0.6) is 0 Å². The van der Waals surface area contributed by atoms with Gasteiger partial charge in [0.2, 0.25) is 0 Å². The van der Waals surface area contributed by atoms with E-state index in [0.29, 0.717) is 17.7 Å². The lowest BCUT2D eigenvalue weighted by Crippen LogP contribution is -2.49. The number of hydrazine groups is 1. The Bertz CT molecular complexity index is 1270. The van der Waals surface area contributed by atoms with E-state index in [4.69, 9.17) is 4.74 Å². The monoisotopic (exact) mass is 450 g/mol. The number of para-hydroxylation sites is 1. The molecule has 0 aliphatic carbocycles. The summed E-state index contributed by atoms with van der Waals surface area (Å²) in [4.78, 5) is 27.7. The van der Waals surface area contributed by atoms with Gasteiger partial charge < -0.3 is 4.74 Å². The topological polar surface area (TPSA) is 49.9 Å². The molecule has 0 spiro atoms. The molecule has 3 aromatic rings. The highest BCUT2D eigenvalue weighted by Gasteiger charge is 2.61. The lowest BCUT2D eigenvalue weighted by atomic mass is 9.73. The highest BCUT2D eigenvalue weighted by Crippen LogP contribution is 2.52. The molecule has 1 saturated heterocycles. The highest BCUT2D eigenvalue weighted by molar-refractivity contribution is 6.00. The van der Waals surface area contributed by atoms with Gasteiger partial charge in [-0.15, -0.1) is 0 Å². The van der Waals surface area contributed by atoms with Gasteiger partial charge in [0.15, 0.2) is 0 Å². The zero-order valence-electron chi connectivity index (χ0n) is 19.1. The van der Waals surface area contributed by atoms with Crippen LogP contribution in [0.25, 0.3) is 6.08 Å². The van der Waals surface area contributed by atoms with Gasteiger partial charge in [-0.2, -0.15) is 0 Å². The van der Waals surface area contributed by atoms with Crippen LogP contribution in [0, 0.1) is 5.41 Å². The number of hydrogen-bond acceptors (Lipinski definition) is 4. The molecule has 0 N–H and O–H groups in total. The first-order chi connectivity index (χ1) is 16.6. The molecule has 5 heteroatoms. The number of esters is 1. The van der Waals surface area contributed by atoms with Gasteiger partial charge in [-0.3, -0.25) is 14.6 Å². The fourth-order valence-electron chi connectivity index (χ4n) is 4.98. The Morgan fingerprint density at radius 1 is 0.941 bits per heavy atom. The molecule has 1 fully saturated rings. The molecule has 0 radical (unpaired) electrons. The van der Waals surface area contributed by atoms with Crippen molar-refractivity contribution in [2.45, 2.75) is 19.4 Å². The standard InChI is InChI=1S/C29H26N2O3/c1-3-34-28(33)29(20-22-12-6-4-7-13-22)21(2)30(27(32)24-15-8-5-9-16-24)31-25-17-11-10-14-23(25)18-19-26(29)31/h4-19,26H,2-3,20H2,1H3/t26-,29+/m0/s1. The van der Waals surface area contributed by atoms with Gasteiger partial charge in [0.1, 0.15) is 5.41 Å². The number of amides is 1. The number of fused-ring (bicyclic) bond motifs is 3. The normalized spacial score (nSPS) is 20.6. The van der Waals surface area contributed by atoms with Crippen molar-refractivity contribution in [3.63, 3.8) is 0 Å². The number of benzene rings is 3. The molecule has 2 heterocycles. The van der Waals surface area contributed by atoms with E-state index in [-0.39, 0.29) is 18.5 Å². The van der Waals surface area contributed by atoms with Crippen LogP contribution in [0.1, 0.15) is 28.4 Å². The maximum absolute atomic E-state index is 13.9. The molecule has 2 atom stereocenters. The molecule has 0 bridgehead atoms. The Morgan fingerprint density at radius 2 is 1.59 bits per heavy atom. The van der Waals surface area contributed by atoms with Gasteiger partial charge in [-0.25, -0.2) is 5.01 Å². The van der Waals surface area contributed by atoms with Gasteiger partial charge in [-0.1, -0.05) is 85.5 Å². The number of carbonyl (C=O) groups excluding carboxylic acids is 2. The van der Waals surface area contributed by atoms with E-state index in [9.17, 15) is 9.59 Å². The van der Waals surface area contributed by atoms with E-state index in [0.717, 1.165) is 16.8 Å². The van der Waals surface area contributed by atoms with Crippen LogP contribution in [0.4, 0.5) is 5.69 Å². The zero-order chi connectivity index (χ0) is 23.7. The Kier molecular flexibility index (Phi) is 5.54. The van der Waals surface area contributed by atoms with Crippen LogP contribution in [-0.4, -0.2) is 29.5 Å². The molecule has 34 heavy (non-hydrogen) atoms. The van der Waals surface area contributed by atoms with Crippen molar-refractivity contribution in [3.05, 3.63) is 120 Å². The number of ether oxygens (including phenoxy) is 1. The minimum absolute atomic E-state index is 0.236. The summed E-state index contributed by atoms with van der Waals surface area (Å²) in [6.45, 7) is 6.39. The second-order valence-electron chi connectivity index (χ2n) is 8.49. The maximum atomic E-state index is 13.9. The lowest BCUT2D eigenvalue weighted by molar-refractivity contribution is -0.153. The number of rotatable bonds is 5. The number of hydrogen-bond donors (Lipinski definition) is 0. The maximum Gasteiger partial charge on any atom is 0.321 e. The van der Waals surface area contributed by atoms with Crippen molar-refractivity contribution >= 4 is 23.6 Å². The molecule has 0 unspecified atom stereocenters. The largest absolute Gasteiger partial charge is 0.465 e. The first kappa shape index (κ1) is 21.7. The second-order valence-corrected chi connectivity index (χ2v) is 8.49. The summed E-state index contributed by atoms with van der Waals surface area (Å²) < 4.78 is 5.64. The zero-order valence-corrected chi connectivity index (χ0v) is 19.1. The Morgan fingerprint density at radius 3 is 2.29 bits per heavy atom. The minimum Gasteiger partial charge on any atom is -0.465 e. The van der Waals surface area contributed by atoms with Crippen molar-refractivity contribution in [1.82, 2.24) is 5.01 Å². The summed E-state index contributed by atoms with van der Waals surface area (Å²) in [5, 5.41) is 3.48. The van der Waals surface area contributed by atoms with E-state index in [1.807, 2.05) is 90.0 Å². The van der Waals surface area contributed by atoms with Crippen LogP contribution in [0.15, 0.2) is 103 Å². The minimum atomic E-state index is -1.17. The molecule has 3 aromatic carbocycles. The molecule has 0 saturated carbocycles. The Balaban J connectivity index is 1.72. The van der Waals surface area contributed by atoms with Crippen LogP contribution in [-0.2, 0) is 16.0 Å². The fourth-order valence-corrected chi connectivity index (χ4v) is 4.98. The fraction of sp³-hybridized carbons (Fsp3) is 0.172. The quantitative estimate of drug-likeness (QED) is 0.497. The molecule has 170 valence electrons. The summed E-state index contributed by atoms with van der Waals surface area (Å²) in [7, 11) is 0. The number of carbonyl (C=O) groups is 2. The first-order valence-electron chi connectivity index (χ1n) is 11.4. The van der Waals surface area contributed by atoms with E-state index in [1.54, 1.807) is 24.1 Å². The molecule has 5 nitrogen and oxygen atoms in total. The van der Waals surface area contributed by atoms with Crippen molar-refractivity contribution in [2.24, 2.45) is 5.41 Å². The predicted octanol–water partition coefficient (Wildman–Crippen LogP) is 5.27. The Hall–Kier alpha value is -4.12. The van der Waals surface area contributed by atoms with E-state index >= 15 is 0 Å². The first-order valence-corrected chi connectivity index (χ1v) is 11.4. The molecule has 2 aliphatic heterocycles. The average molecular weight is 451 g/mol. The van der Waals surface area contributed by atoms with E-state index in [2.05, 4.69) is 6.58 Å². The summed E-state index contributed by atoms with van der Waals surface area (Å²) in [5.74, 6) is -0.619. The molecule has 5 rings (SSSR count). The van der Waals surface area contributed by atoms with Crippen molar-refractivity contribution in [2.75, 3.05) is 11.6 Å².